The summed E-state index contributed by atoms with van der Waals surface area (Å²) < 4.78 is 7.88. The molecular weight excluding hydrogens is 356 g/mol. The maximum Gasteiger partial charge on any atom is 0.330 e. The van der Waals surface area contributed by atoms with E-state index in [1.165, 1.54) is 17.7 Å². The zero-order chi connectivity index (χ0) is 18.9. The van der Waals surface area contributed by atoms with Gasteiger partial charge in [0, 0.05) is 25.2 Å². The summed E-state index contributed by atoms with van der Waals surface area (Å²) in [5.74, 6) is -0.328. The molecule has 0 radical (unpaired) electrons. The van der Waals surface area contributed by atoms with E-state index in [0.29, 0.717) is 23.6 Å². The highest BCUT2D eigenvalue weighted by atomic mass is 35.5. The molecule has 0 saturated heterocycles. The van der Waals surface area contributed by atoms with Gasteiger partial charge in [0.25, 0.3) is 5.56 Å². The topological polar surface area (TPSA) is 70.3 Å². The Hall–Kier alpha value is -2.34. The first-order valence-corrected chi connectivity index (χ1v) is 8.92. The number of halogens is 1. The molecule has 1 aromatic heterocycles. The van der Waals surface area contributed by atoms with Crippen molar-refractivity contribution in [1.82, 2.24) is 9.13 Å². The molecule has 0 spiro atoms. The van der Waals surface area contributed by atoms with E-state index in [1.54, 1.807) is 19.2 Å². The standard InChI is InChI=1S/C19H21ClN2O4/c1-21-15(11-16(23)22(2)18(21)25)12-26-17(24)19(9-3-4-10-19)13-5-7-14(20)8-6-13/h5-8,11H,3-4,9-10,12H2,1-2H3. The molecule has 1 aliphatic carbocycles. The molecule has 0 unspecified atom stereocenters. The molecule has 6 nitrogen and oxygen atoms in total. The molecule has 1 aromatic carbocycles. The predicted molar refractivity (Wildman–Crippen MR) is 98.3 cm³/mol. The summed E-state index contributed by atoms with van der Waals surface area (Å²) in [4.78, 5) is 36.8. The molecule has 0 bridgehead atoms. The third kappa shape index (κ3) is 3.21. The van der Waals surface area contributed by atoms with Crippen LogP contribution in [0.15, 0.2) is 39.9 Å². The van der Waals surface area contributed by atoms with E-state index in [0.717, 1.165) is 23.0 Å². The summed E-state index contributed by atoms with van der Waals surface area (Å²) in [7, 11) is 2.96. The maximum absolute atomic E-state index is 12.9. The normalized spacial score (nSPS) is 15.8. The average Bonchev–Trinajstić information content (AvgIpc) is 3.13. The van der Waals surface area contributed by atoms with Crippen LogP contribution >= 0.6 is 11.6 Å². The summed E-state index contributed by atoms with van der Waals surface area (Å²) in [6, 6.07) is 8.59. The van der Waals surface area contributed by atoms with Crippen molar-refractivity contribution < 1.29 is 9.53 Å². The lowest BCUT2D eigenvalue weighted by Gasteiger charge is -2.27. The van der Waals surface area contributed by atoms with Crippen LogP contribution in [-0.4, -0.2) is 15.1 Å². The minimum absolute atomic E-state index is 0.115. The van der Waals surface area contributed by atoms with Crippen molar-refractivity contribution in [1.29, 1.82) is 0 Å². The second kappa shape index (κ2) is 7.11. The third-order valence-corrected chi connectivity index (χ3v) is 5.47. The van der Waals surface area contributed by atoms with Crippen LogP contribution < -0.4 is 11.2 Å². The molecule has 26 heavy (non-hydrogen) atoms. The second-order valence-corrected chi connectivity index (χ2v) is 7.18. The molecule has 0 atom stereocenters. The van der Waals surface area contributed by atoms with E-state index < -0.39 is 16.7 Å². The number of aromatic nitrogens is 2. The van der Waals surface area contributed by atoms with Crippen molar-refractivity contribution in [3.05, 3.63) is 67.4 Å². The van der Waals surface area contributed by atoms with Crippen molar-refractivity contribution in [2.24, 2.45) is 14.1 Å². The quantitative estimate of drug-likeness (QED) is 0.768. The van der Waals surface area contributed by atoms with Gasteiger partial charge in [-0.2, -0.15) is 0 Å². The van der Waals surface area contributed by atoms with E-state index in [9.17, 15) is 14.4 Å². The molecule has 7 heteroatoms. The van der Waals surface area contributed by atoms with E-state index in [1.807, 2.05) is 12.1 Å². The maximum atomic E-state index is 12.9. The zero-order valence-electron chi connectivity index (χ0n) is 14.8. The summed E-state index contributed by atoms with van der Waals surface area (Å²) in [6.07, 6.45) is 3.32. The summed E-state index contributed by atoms with van der Waals surface area (Å²) in [5.41, 5.74) is -0.300. The molecule has 138 valence electrons. The van der Waals surface area contributed by atoms with Crippen LogP contribution in [0.4, 0.5) is 0 Å². The lowest BCUT2D eigenvalue weighted by Crippen LogP contribution is -2.39. The van der Waals surface area contributed by atoms with Gasteiger partial charge >= 0.3 is 11.7 Å². The fourth-order valence-electron chi connectivity index (χ4n) is 3.55. The SMILES string of the molecule is Cn1c(COC(=O)C2(c3ccc(Cl)cc3)CCCC2)cc(=O)n(C)c1=O. The third-order valence-electron chi connectivity index (χ3n) is 5.22. The summed E-state index contributed by atoms with van der Waals surface area (Å²) >= 11 is 5.96. The van der Waals surface area contributed by atoms with Crippen molar-refractivity contribution in [2.45, 2.75) is 37.7 Å². The van der Waals surface area contributed by atoms with Gasteiger partial charge in [0.2, 0.25) is 0 Å². The molecule has 1 saturated carbocycles. The molecule has 1 aliphatic rings. The number of carbonyl (C=O) groups excluding carboxylic acids is 1. The van der Waals surface area contributed by atoms with Gasteiger partial charge in [0.05, 0.1) is 11.1 Å². The number of hydrogen-bond acceptors (Lipinski definition) is 4. The monoisotopic (exact) mass is 376 g/mol. The van der Waals surface area contributed by atoms with Crippen LogP contribution in [0.2, 0.25) is 5.02 Å². The Balaban J connectivity index is 1.85. The molecule has 1 fully saturated rings. The van der Waals surface area contributed by atoms with Crippen molar-refractivity contribution in [3.8, 4) is 0 Å². The Labute approximate surface area is 156 Å². The van der Waals surface area contributed by atoms with E-state index in [2.05, 4.69) is 0 Å². The predicted octanol–water partition coefficient (Wildman–Crippen LogP) is 2.29. The van der Waals surface area contributed by atoms with E-state index in [-0.39, 0.29) is 12.6 Å². The first-order chi connectivity index (χ1) is 12.3. The molecule has 0 aliphatic heterocycles. The van der Waals surface area contributed by atoms with Gasteiger partial charge < -0.3 is 4.74 Å². The van der Waals surface area contributed by atoms with Gasteiger partial charge in [-0.3, -0.25) is 18.7 Å². The van der Waals surface area contributed by atoms with Gasteiger partial charge in [0.1, 0.15) is 6.61 Å². The van der Waals surface area contributed by atoms with Crippen molar-refractivity contribution >= 4 is 17.6 Å². The minimum Gasteiger partial charge on any atom is -0.459 e. The van der Waals surface area contributed by atoms with Gasteiger partial charge in [-0.05, 0) is 30.5 Å². The molecule has 2 aromatic rings. The van der Waals surface area contributed by atoms with Crippen LogP contribution in [0.5, 0.6) is 0 Å². The van der Waals surface area contributed by atoms with Gasteiger partial charge in [-0.1, -0.05) is 36.6 Å². The molecule has 0 amide bonds. The van der Waals surface area contributed by atoms with E-state index in [4.69, 9.17) is 16.3 Å². The largest absolute Gasteiger partial charge is 0.459 e. The lowest BCUT2D eigenvalue weighted by molar-refractivity contribution is -0.152. The highest BCUT2D eigenvalue weighted by Crippen LogP contribution is 2.42. The smallest absolute Gasteiger partial charge is 0.330 e. The first-order valence-electron chi connectivity index (χ1n) is 8.54. The van der Waals surface area contributed by atoms with Crippen LogP contribution in [0.1, 0.15) is 36.9 Å². The zero-order valence-corrected chi connectivity index (χ0v) is 15.6. The lowest BCUT2D eigenvalue weighted by atomic mass is 9.79. The number of benzene rings is 1. The van der Waals surface area contributed by atoms with Gasteiger partial charge in [-0.15, -0.1) is 0 Å². The molecule has 0 N–H and O–H groups in total. The number of carbonyl (C=O) groups is 1. The Morgan fingerprint density at radius 1 is 1.12 bits per heavy atom. The van der Waals surface area contributed by atoms with Gasteiger partial charge in [-0.25, -0.2) is 4.79 Å². The van der Waals surface area contributed by atoms with Crippen molar-refractivity contribution in [2.75, 3.05) is 0 Å². The Morgan fingerprint density at radius 3 is 2.35 bits per heavy atom. The van der Waals surface area contributed by atoms with Crippen LogP contribution in [0.25, 0.3) is 0 Å². The first kappa shape index (κ1) is 18.5. The molecule has 3 rings (SSSR count). The fraction of sp³-hybridized carbons (Fsp3) is 0.421. The highest BCUT2D eigenvalue weighted by Gasteiger charge is 2.44. The number of rotatable bonds is 4. The molecular formula is C19H21ClN2O4. The summed E-state index contributed by atoms with van der Waals surface area (Å²) in [5, 5.41) is 0.616. The number of hydrogen-bond donors (Lipinski definition) is 0. The van der Waals surface area contributed by atoms with Crippen LogP contribution in [0, 0.1) is 0 Å². The average molecular weight is 377 g/mol. The number of esters is 1. The summed E-state index contributed by atoms with van der Waals surface area (Å²) in [6.45, 7) is -0.115. The fourth-order valence-corrected chi connectivity index (χ4v) is 3.68. The Morgan fingerprint density at radius 2 is 1.73 bits per heavy atom. The van der Waals surface area contributed by atoms with Gasteiger partial charge in [0.15, 0.2) is 0 Å². The number of ether oxygens (including phenoxy) is 1. The second-order valence-electron chi connectivity index (χ2n) is 6.75. The number of nitrogens with zero attached hydrogens (tertiary/aromatic N) is 2. The highest BCUT2D eigenvalue weighted by molar-refractivity contribution is 6.30. The van der Waals surface area contributed by atoms with Crippen molar-refractivity contribution in [3.63, 3.8) is 0 Å². The van der Waals surface area contributed by atoms with E-state index >= 15 is 0 Å². The van der Waals surface area contributed by atoms with Crippen LogP contribution in [0.3, 0.4) is 0 Å². The Kier molecular flexibility index (Phi) is 5.05. The van der Waals surface area contributed by atoms with Crippen LogP contribution in [-0.2, 0) is 35.6 Å². The molecule has 1 heterocycles. The minimum atomic E-state index is -0.691. The Bertz CT molecular complexity index is 937.